The highest BCUT2D eigenvalue weighted by Crippen LogP contribution is 2.38. The van der Waals surface area contributed by atoms with E-state index in [1.807, 2.05) is 6.07 Å². The van der Waals surface area contributed by atoms with Crippen molar-refractivity contribution in [1.29, 1.82) is 0 Å². The van der Waals surface area contributed by atoms with E-state index in [1.54, 1.807) is 30.5 Å². The molecule has 4 rings (SSSR count). The topological polar surface area (TPSA) is 51.2 Å². The molecule has 0 aliphatic carbocycles. The molecule has 6 heteroatoms. The number of halogens is 2. The number of ether oxygens (including phenoxy) is 1. The van der Waals surface area contributed by atoms with Crippen molar-refractivity contribution < 1.29 is 18.3 Å². The molecule has 142 valence electrons. The molecule has 1 amide bonds. The van der Waals surface area contributed by atoms with Gasteiger partial charge in [0.1, 0.15) is 23.5 Å². The number of carbonyl (C=O) groups excluding carboxylic acids is 1. The van der Waals surface area contributed by atoms with Gasteiger partial charge in [-0.05, 0) is 42.0 Å². The Kier molecular flexibility index (Phi) is 5.02. The summed E-state index contributed by atoms with van der Waals surface area (Å²) < 4.78 is 33.0. The van der Waals surface area contributed by atoms with Gasteiger partial charge >= 0.3 is 0 Å². The van der Waals surface area contributed by atoms with Crippen LogP contribution in [0.1, 0.15) is 11.1 Å². The molecule has 1 atom stereocenters. The number of amides is 1. The van der Waals surface area contributed by atoms with E-state index in [-0.39, 0.29) is 30.1 Å². The summed E-state index contributed by atoms with van der Waals surface area (Å²) in [5, 5.41) is 2.83. The van der Waals surface area contributed by atoms with Crippen LogP contribution in [0, 0.1) is 11.6 Å². The minimum absolute atomic E-state index is 0.160. The van der Waals surface area contributed by atoms with Crippen LogP contribution in [0.5, 0.6) is 5.75 Å². The molecule has 28 heavy (non-hydrogen) atoms. The fourth-order valence-electron chi connectivity index (χ4n) is 3.30. The van der Waals surface area contributed by atoms with Crippen LogP contribution < -0.4 is 10.1 Å². The normalized spacial score (nSPS) is 15.0. The van der Waals surface area contributed by atoms with Gasteiger partial charge in [-0.1, -0.05) is 18.2 Å². The molecule has 4 nitrogen and oxygen atoms in total. The SMILES string of the molecule is O=C(Cc1ccc(F)cc1)NCC1Cc2cc(F)cc(-c3ccccn3)c2O1. The Morgan fingerprint density at radius 2 is 1.93 bits per heavy atom. The monoisotopic (exact) mass is 380 g/mol. The second-order valence-corrected chi connectivity index (χ2v) is 6.71. The van der Waals surface area contributed by atoms with Crippen molar-refractivity contribution in [2.75, 3.05) is 6.54 Å². The van der Waals surface area contributed by atoms with Crippen molar-refractivity contribution in [2.45, 2.75) is 18.9 Å². The summed E-state index contributed by atoms with van der Waals surface area (Å²) in [7, 11) is 0. The lowest BCUT2D eigenvalue weighted by molar-refractivity contribution is -0.120. The lowest BCUT2D eigenvalue weighted by Crippen LogP contribution is -2.35. The van der Waals surface area contributed by atoms with Crippen molar-refractivity contribution in [2.24, 2.45) is 0 Å². The van der Waals surface area contributed by atoms with Gasteiger partial charge < -0.3 is 10.1 Å². The highest BCUT2D eigenvalue weighted by atomic mass is 19.1. The summed E-state index contributed by atoms with van der Waals surface area (Å²) in [6.07, 6.45) is 2.03. The average molecular weight is 380 g/mol. The quantitative estimate of drug-likeness (QED) is 0.735. The van der Waals surface area contributed by atoms with E-state index in [1.165, 1.54) is 24.3 Å². The van der Waals surface area contributed by atoms with Gasteiger partial charge in [-0.3, -0.25) is 9.78 Å². The van der Waals surface area contributed by atoms with Crippen LogP contribution in [-0.2, 0) is 17.6 Å². The maximum absolute atomic E-state index is 14.0. The number of fused-ring (bicyclic) bond motifs is 1. The van der Waals surface area contributed by atoms with E-state index in [2.05, 4.69) is 10.3 Å². The van der Waals surface area contributed by atoms with Crippen molar-refractivity contribution in [1.82, 2.24) is 10.3 Å². The molecule has 1 aromatic heterocycles. The Morgan fingerprint density at radius 3 is 2.68 bits per heavy atom. The largest absolute Gasteiger partial charge is 0.487 e. The molecule has 2 aromatic carbocycles. The number of nitrogens with zero attached hydrogens (tertiary/aromatic N) is 1. The van der Waals surface area contributed by atoms with Crippen molar-refractivity contribution in [3.8, 4) is 17.0 Å². The third kappa shape index (κ3) is 4.01. The first-order chi connectivity index (χ1) is 13.6. The van der Waals surface area contributed by atoms with E-state index in [0.717, 1.165) is 11.1 Å². The predicted octanol–water partition coefficient (Wildman–Crippen LogP) is 3.69. The van der Waals surface area contributed by atoms with Crippen molar-refractivity contribution >= 4 is 5.91 Å². The first-order valence-electron chi connectivity index (χ1n) is 9.00. The summed E-state index contributed by atoms with van der Waals surface area (Å²) in [5.41, 5.74) is 2.74. The van der Waals surface area contributed by atoms with Gasteiger partial charge in [0.05, 0.1) is 18.7 Å². The van der Waals surface area contributed by atoms with Gasteiger partial charge in [-0.15, -0.1) is 0 Å². The lowest BCUT2D eigenvalue weighted by Gasteiger charge is -2.13. The number of pyridine rings is 1. The Morgan fingerprint density at radius 1 is 1.11 bits per heavy atom. The van der Waals surface area contributed by atoms with Crippen LogP contribution in [0.25, 0.3) is 11.3 Å². The average Bonchev–Trinajstić information content (AvgIpc) is 3.11. The van der Waals surface area contributed by atoms with E-state index < -0.39 is 0 Å². The maximum Gasteiger partial charge on any atom is 0.224 e. The van der Waals surface area contributed by atoms with Gasteiger partial charge in [0.15, 0.2) is 0 Å². The molecule has 0 radical (unpaired) electrons. The standard InChI is InChI=1S/C22H18F2N2O2/c23-16-6-4-14(5-7-16)9-21(27)26-13-18-11-15-10-17(24)12-19(22(15)28-18)20-3-1-2-8-25-20/h1-8,10,12,18H,9,11,13H2,(H,26,27). The second kappa shape index (κ2) is 7.76. The number of nitrogens with one attached hydrogen (secondary N) is 1. The Labute approximate surface area is 161 Å². The molecule has 0 saturated heterocycles. The highest BCUT2D eigenvalue weighted by molar-refractivity contribution is 5.78. The first kappa shape index (κ1) is 18.1. The predicted molar refractivity (Wildman–Crippen MR) is 101 cm³/mol. The second-order valence-electron chi connectivity index (χ2n) is 6.71. The summed E-state index contributed by atoms with van der Waals surface area (Å²) in [6, 6.07) is 14.1. The fraction of sp³-hybridized carbons (Fsp3) is 0.182. The van der Waals surface area contributed by atoms with E-state index in [9.17, 15) is 13.6 Å². The maximum atomic E-state index is 14.0. The molecular formula is C22H18F2N2O2. The Hall–Kier alpha value is -3.28. The van der Waals surface area contributed by atoms with Gasteiger partial charge in [0.2, 0.25) is 5.91 Å². The summed E-state index contributed by atoms with van der Waals surface area (Å²) in [6.45, 7) is 0.304. The van der Waals surface area contributed by atoms with Gasteiger partial charge in [-0.2, -0.15) is 0 Å². The fourth-order valence-corrected chi connectivity index (χ4v) is 3.30. The number of rotatable bonds is 5. The van der Waals surface area contributed by atoms with Crippen molar-refractivity contribution in [3.05, 3.63) is 83.6 Å². The molecule has 1 unspecified atom stereocenters. The lowest BCUT2D eigenvalue weighted by atomic mass is 10.0. The van der Waals surface area contributed by atoms with Crippen LogP contribution in [0.15, 0.2) is 60.8 Å². The summed E-state index contributed by atoms with van der Waals surface area (Å²) in [4.78, 5) is 16.4. The van der Waals surface area contributed by atoms with E-state index in [0.29, 0.717) is 30.0 Å². The van der Waals surface area contributed by atoms with E-state index >= 15 is 0 Å². The first-order valence-corrected chi connectivity index (χ1v) is 9.00. The zero-order valence-corrected chi connectivity index (χ0v) is 15.0. The third-order valence-corrected chi connectivity index (χ3v) is 4.61. The summed E-state index contributed by atoms with van der Waals surface area (Å²) >= 11 is 0. The third-order valence-electron chi connectivity index (χ3n) is 4.61. The molecule has 1 N–H and O–H groups in total. The number of aromatic nitrogens is 1. The zero-order valence-electron chi connectivity index (χ0n) is 15.0. The Bertz CT molecular complexity index is 991. The molecule has 0 bridgehead atoms. The summed E-state index contributed by atoms with van der Waals surface area (Å²) in [5.74, 6) is -0.249. The van der Waals surface area contributed by atoms with Crippen LogP contribution in [0.4, 0.5) is 8.78 Å². The van der Waals surface area contributed by atoms with Crippen molar-refractivity contribution in [3.63, 3.8) is 0 Å². The molecule has 1 aliphatic rings. The number of benzene rings is 2. The molecule has 0 spiro atoms. The minimum Gasteiger partial charge on any atom is -0.487 e. The number of hydrogen-bond acceptors (Lipinski definition) is 3. The molecule has 1 aliphatic heterocycles. The van der Waals surface area contributed by atoms with Crippen LogP contribution in [-0.4, -0.2) is 23.5 Å². The highest BCUT2D eigenvalue weighted by Gasteiger charge is 2.27. The molecule has 0 saturated carbocycles. The Balaban J connectivity index is 1.41. The number of hydrogen-bond donors (Lipinski definition) is 1. The molecule has 2 heterocycles. The molecule has 3 aromatic rings. The smallest absolute Gasteiger partial charge is 0.224 e. The van der Waals surface area contributed by atoms with Gasteiger partial charge in [-0.25, -0.2) is 8.78 Å². The molecular weight excluding hydrogens is 362 g/mol. The van der Waals surface area contributed by atoms with Gasteiger partial charge in [0, 0.05) is 23.7 Å². The van der Waals surface area contributed by atoms with Crippen LogP contribution in [0.2, 0.25) is 0 Å². The minimum atomic E-state index is -0.344. The zero-order chi connectivity index (χ0) is 19.5. The molecule has 0 fully saturated rings. The van der Waals surface area contributed by atoms with Crippen LogP contribution in [0.3, 0.4) is 0 Å². The van der Waals surface area contributed by atoms with Crippen LogP contribution >= 0.6 is 0 Å². The number of carbonyl (C=O) groups is 1. The van der Waals surface area contributed by atoms with Gasteiger partial charge in [0.25, 0.3) is 0 Å². The van der Waals surface area contributed by atoms with E-state index in [4.69, 9.17) is 4.74 Å².